The highest BCUT2D eigenvalue weighted by molar-refractivity contribution is 5.70. The van der Waals surface area contributed by atoms with Crippen molar-refractivity contribution in [3.63, 3.8) is 0 Å². The van der Waals surface area contributed by atoms with Crippen molar-refractivity contribution < 1.29 is 14.3 Å². The van der Waals surface area contributed by atoms with Gasteiger partial charge in [-0.25, -0.2) is 4.79 Å². The minimum absolute atomic E-state index is 0.0797. The summed E-state index contributed by atoms with van der Waals surface area (Å²) < 4.78 is 9.70. The van der Waals surface area contributed by atoms with Gasteiger partial charge in [0.15, 0.2) is 6.61 Å². The van der Waals surface area contributed by atoms with Crippen LogP contribution in [0.5, 0.6) is 5.75 Å². The maximum absolute atomic E-state index is 10.9. The molecule has 0 aromatic heterocycles. The minimum Gasteiger partial charge on any atom is -0.482 e. The molecule has 0 atom stereocenters. The Morgan fingerprint density at radius 2 is 2.06 bits per heavy atom. The number of carbonyl (C=O) groups excluding carboxylic acids is 1. The number of hydrogen-bond acceptors (Lipinski definition) is 4. The molecule has 0 amide bonds. The average Bonchev–Trinajstić information content (AvgIpc) is 2.42. The zero-order valence-corrected chi connectivity index (χ0v) is 10.7. The van der Waals surface area contributed by atoms with E-state index in [9.17, 15) is 4.79 Å². The SMILES string of the molecule is CNCCC#Cc1ccc(OCC(=O)OC)cc1. The zero-order valence-electron chi connectivity index (χ0n) is 10.7. The van der Waals surface area contributed by atoms with E-state index in [1.807, 2.05) is 19.2 Å². The summed E-state index contributed by atoms with van der Waals surface area (Å²) in [7, 11) is 3.23. The second-order valence-corrected chi connectivity index (χ2v) is 3.54. The summed E-state index contributed by atoms with van der Waals surface area (Å²) in [6.45, 7) is 0.803. The van der Waals surface area contributed by atoms with Crippen molar-refractivity contribution in [2.45, 2.75) is 6.42 Å². The average molecular weight is 247 g/mol. The van der Waals surface area contributed by atoms with Crippen LogP contribution in [-0.2, 0) is 9.53 Å². The van der Waals surface area contributed by atoms with Crippen molar-refractivity contribution >= 4 is 5.97 Å². The number of methoxy groups -OCH3 is 1. The molecule has 0 aliphatic rings. The van der Waals surface area contributed by atoms with E-state index in [1.54, 1.807) is 12.1 Å². The molecule has 1 aromatic rings. The van der Waals surface area contributed by atoms with Crippen molar-refractivity contribution in [3.8, 4) is 17.6 Å². The van der Waals surface area contributed by atoms with Crippen LogP contribution in [0.2, 0.25) is 0 Å². The first-order valence-electron chi connectivity index (χ1n) is 5.69. The van der Waals surface area contributed by atoms with Gasteiger partial charge in [0, 0.05) is 18.5 Å². The maximum Gasteiger partial charge on any atom is 0.343 e. The number of carbonyl (C=O) groups is 1. The Balaban J connectivity index is 2.46. The van der Waals surface area contributed by atoms with Crippen LogP contribution in [0.1, 0.15) is 12.0 Å². The van der Waals surface area contributed by atoms with Gasteiger partial charge >= 0.3 is 5.97 Å². The molecule has 0 aliphatic heterocycles. The molecule has 0 unspecified atom stereocenters. The lowest BCUT2D eigenvalue weighted by atomic mass is 10.2. The monoisotopic (exact) mass is 247 g/mol. The molecule has 0 heterocycles. The number of hydrogen-bond donors (Lipinski definition) is 1. The summed E-state index contributed by atoms with van der Waals surface area (Å²) in [6, 6.07) is 7.29. The van der Waals surface area contributed by atoms with Gasteiger partial charge in [0.2, 0.25) is 0 Å². The molecule has 0 aliphatic carbocycles. The van der Waals surface area contributed by atoms with Crippen LogP contribution in [0.25, 0.3) is 0 Å². The van der Waals surface area contributed by atoms with Crippen LogP contribution in [0.4, 0.5) is 0 Å². The molecule has 1 rings (SSSR count). The molecule has 0 bridgehead atoms. The van der Waals surface area contributed by atoms with E-state index >= 15 is 0 Å². The van der Waals surface area contributed by atoms with Gasteiger partial charge < -0.3 is 14.8 Å². The number of ether oxygens (including phenoxy) is 2. The summed E-state index contributed by atoms with van der Waals surface area (Å²) in [5.41, 5.74) is 0.927. The van der Waals surface area contributed by atoms with Gasteiger partial charge in [-0.3, -0.25) is 0 Å². The smallest absolute Gasteiger partial charge is 0.343 e. The largest absolute Gasteiger partial charge is 0.482 e. The third-order valence-corrected chi connectivity index (χ3v) is 2.17. The van der Waals surface area contributed by atoms with Crippen molar-refractivity contribution in [3.05, 3.63) is 29.8 Å². The van der Waals surface area contributed by atoms with Gasteiger partial charge in [0.1, 0.15) is 5.75 Å². The normalized spacial score (nSPS) is 9.22. The first-order chi connectivity index (χ1) is 8.76. The Bertz CT molecular complexity index is 429. The second kappa shape index (κ2) is 8.15. The summed E-state index contributed by atoms with van der Waals surface area (Å²) in [5.74, 6) is 6.33. The Hall–Kier alpha value is -1.99. The van der Waals surface area contributed by atoms with Crippen molar-refractivity contribution in [1.82, 2.24) is 5.32 Å². The molecule has 4 nitrogen and oxygen atoms in total. The summed E-state index contributed by atoms with van der Waals surface area (Å²) in [5, 5.41) is 3.03. The molecule has 4 heteroatoms. The number of nitrogens with one attached hydrogen (secondary N) is 1. The summed E-state index contributed by atoms with van der Waals surface area (Å²) >= 11 is 0. The van der Waals surface area contributed by atoms with E-state index in [4.69, 9.17) is 4.74 Å². The fourth-order valence-electron chi connectivity index (χ4n) is 1.19. The third-order valence-electron chi connectivity index (χ3n) is 2.17. The quantitative estimate of drug-likeness (QED) is 0.482. The fraction of sp³-hybridized carbons (Fsp3) is 0.357. The number of benzene rings is 1. The predicted octanol–water partition coefficient (Wildman–Crippen LogP) is 1.20. The molecule has 1 aromatic carbocycles. The van der Waals surface area contributed by atoms with Gasteiger partial charge in [0.25, 0.3) is 0 Å². The van der Waals surface area contributed by atoms with Crippen molar-refractivity contribution in [1.29, 1.82) is 0 Å². The maximum atomic E-state index is 10.9. The Morgan fingerprint density at radius 3 is 2.67 bits per heavy atom. The van der Waals surface area contributed by atoms with Crippen LogP contribution in [0.15, 0.2) is 24.3 Å². The molecule has 1 N–H and O–H groups in total. The summed E-state index contributed by atoms with van der Waals surface area (Å²) in [4.78, 5) is 10.9. The van der Waals surface area contributed by atoms with Gasteiger partial charge in [-0.15, -0.1) is 0 Å². The zero-order chi connectivity index (χ0) is 13.2. The van der Waals surface area contributed by atoms with E-state index in [0.717, 1.165) is 18.5 Å². The van der Waals surface area contributed by atoms with E-state index in [2.05, 4.69) is 21.9 Å². The highest BCUT2D eigenvalue weighted by Gasteiger charge is 2.00. The Labute approximate surface area is 107 Å². The topological polar surface area (TPSA) is 47.6 Å². The van der Waals surface area contributed by atoms with Gasteiger partial charge in [-0.2, -0.15) is 0 Å². The fourth-order valence-corrected chi connectivity index (χ4v) is 1.19. The van der Waals surface area contributed by atoms with Gasteiger partial charge in [-0.1, -0.05) is 11.8 Å². The third kappa shape index (κ3) is 5.37. The van der Waals surface area contributed by atoms with Crippen LogP contribution < -0.4 is 10.1 Å². The van der Waals surface area contributed by atoms with E-state index in [-0.39, 0.29) is 6.61 Å². The van der Waals surface area contributed by atoms with Crippen LogP contribution in [-0.4, -0.2) is 33.3 Å². The summed E-state index contributed by atoms with van der Waals surface area (Å²) in [6.07, 6.45) is 0.817. The Morgan fingerprint density at radius 1 is 1.33 bits per heavy atom. The first-order valence-corrected chi connectivity index (χ1v) is 5.69. The van der Waals surface area contributed by atoms with Crippen molar-refractivity contribution in [2.75, 3.05) is 27.3 Å². The highest BCUT2D eigenvalue weighted by atomic mass is 16.6. The molecule has 18 heavy (non-hydrogen) atoms. The van der Waals surface area contributed by atoms with Gasteiger partial charge in [-0.05, 0) is 31.3 Å². The molecular formula is C14H17NO3. The molecular weight excluding hydrogens is 230 g/mol. The first kappa shape index (κ1) is 14.1. The molecule has 0 spiro atoms. The lowest BCUT2D eigenvalue weighted by Crippen LogP contribution is -2.12. The number of rotatable bonds is 5. The minimum atomic E-state index is -0.397. The molecule has 0 saturated heterocycles. The number of esters is 1. The van der Waals surface area contributed by atoms with Crippen LogP contribution >= 0.6 is 0 Å². The standard InChI is InChI=1S/C14H17NO3/c1-15-10-4-3-5-12-6-8-13(9-7-12)18-11-14(16)17-2/h6-9,15H,4,10-11H2,1-2H3. The lowest BCUT2D eigenvalue weighted by molar-refractivity contribution is -0.142. The highest BCUT2D eigenvalue weighted by Crippen LogP contribution is 2.11. The molecule has 96 valence electrons. The van der Waals surface area contributed by atoms with E-state index in [1.165, 1.54) is 7.11 Å². The van der Waals surface area contributed by atoms with E-state index in [0.29, 0.717) is 5.75 Å². The molecule has 0 fully saturated rings. The van der Waals surface area contributed by atoms with Crippen LogP contribution in [0.3, 0.4) is 0 Å². The van der Waals surface area contributed by atoms with E-state index < -0.39 is 5.97 Å². The van der Waals surface area contributed by atoms with Gasteiger partial charge in [0.05, 0.1) is 7.11 Å². The van der Waals surface area contributed by atoms with Crippen molar-refractivity contribution in [2.24, 2.45) is 0 Å². The molecule has 0 saturated carbocycles. The van der Waals surface area contributed by atoms with Crippen LogP contribution in [0, 0.1) is 11.8 Å². The Kier molecular flexibility index (Phi) is 6.37. The molecule has 0 radical (unpaired) electrons. The second-order valence-electron chi connectivity index (χ2n) is 3.54. The predicted molar refractivity (Wildman–Crippen MR) is 69.4 cm³/mol. The lowest BCUT2D eigenvalue weighted by Gasteiger charge is -2.04.